The lowest BCUT2D eigenvalue weighted by Crippen LogP contribution is -2.30. The lowest BCUT2D eigenvalue weighted by molar-refractivity contribution is -0.142. The van der Waals surface area contributed by atoms with Crippen LogP contribution >= 0.6 is 12.6 Å². The first-order valence-electron chi connectivity index (χ1n) is 11.5. The van der Waals surface area contributed by atoms with Gasteiger partial charge in [0.2, 0.25) is 6.79 Å². The van der Waals surface area contributed by atoms with E-state index in [0.717, 1.165) is 0 Å². The number of esters is 1. The molecule has 36 heavy (non-hydrogen) atoms. The molecule has 10 heteroatoms. The fraction of sp³-hybridized carbons (Fsp3) is 0.308. The highest BCUT2D eigenvalue weighted by Crippen LogP contribution is 2.37. The van der Waals surface area contributed by atoms with Gasteiger partial charge in [-0.3, -0.25) is 10.1 Å². The summed E-state index contributed by atoms with van der Waals surface area (Å²) in [6.07, 6.45) is -1.96. The van der Waals surface area contributed by atoms with Gasteiger partial charge in [-0.25, -0.2) is 4.79 Å². The highest BCUT2D eigenvalue weighted by molar-refractivity contribution is 7.81. The zero-order chi connectivity index (χ0) is 25.5. The van der Waals surface area contributed by atoms with E-state index in [-0.39, 0.29) is 31.3 Å². The lowest BCUT2D eigenvalue weighted by atomic mass is 9.95. The third kappa shape index (κ3) is 5.95. The smallest absolute Gasteiger partial charge is 0.412 e. The SMILES string of the molecule is CCO[C@@H](CCOC(=O)CS)[C@@H](OC(=O)Nc1ccc2c(c1)OCO2)c1ccc(O)c2ccccc12. The van der Waals surface area contributed by atoms with Crippen LogP contribution in [0.25, 0.3) is 10.8 Å². The zero-order valence-electron chi connectivity index (χ0n) is 19.6. The molecule has 9 nitrogen and oxygen atoms in total. The van der Waals surface area contributed by atoms with Crippen molar-refractivity contribution in [2.45, 2.75) is 25.6 Å². The second-order valence-corrected chi connectivity index (χ2v) is 8.22. The molecule has 0 bridgehead atoms. The van der Waals surface area contributed by atoms with E-state index in [0.29, 0.717) is 40.1 Å². The van der Waals surface area contributed by atoms with Crippen LogP contribution in [-0.2, 0) is 19.0 Å². The summed E-state index contributed by atoms with van der Waals surface area (Å²) in [5.74, 6) is 0.719. The number of carbonyl (C=O) groups is 2. The number of thiol groups is 1. The van der Waals surface area contributed by atoms with Gasteiger partial charge in [0.25, 0.3) is 0 Å². The summed E-state index contributed by atoms with van der Waals surface area (Å²) in [6.45, 7) is 2.34. The first kappa shape index (κ1) is 25.5. The highest BCUT2D eigenvalue weighted by atomic mass is 32.1. The Kier molecular flexibility index (Phi) is 8.40. The van der Waals surface area contributed by atoms with Gasteiger partial charge in [-0.15, -0.1) is 0 Å². The summed E-state index contributed by atoms with van der Waals surface area (Å²) < 4.78 is 27.7. The van der Waals surface area contributed by atoms with E-state index in [1.165, 1.54) is 0 Å². The molecule has 0 saturated carbocycles. The summed E-state index contributed by atoms with van der Waals surface area (Å²) in [7, 11) is 0. The van der Waals surface area contributed by atoms with Crippen molar-refractivity contribution in [3.8, 4) is 17.2 Å². The molecular weight excluding hydrogens is 486 g/mol. The summed E-state index contributed by atoms with van der Waals surface area (Å²) in [4.78, 5) is 24.6. The molecule has 1 amide bonds. The van der Waals surface area contributed by atoms with Gasteiger partial charge in [-0.2, -0.15) is 12.6 Å². The number of hydrogen-bond donors (Lipinski definition) is 3. The molecule has 0 saturated heterocycles. The van der Waals surface area contributed by atoms with Crippen molar-refractivity contribution in [1.29, 1.82) is 0 Å². The summed E-state index contributed by atoms with van der Waals surface area (Å²) in [5.41, 5.74) is 1.11. The molecule has 2 atom stereocenters. The normalized spacial score (nSPS) is 13.7. The Morgan fingerprint density at radius 2 is 1.86 bits per heavy atom. The molecule has 1 aliphatic rings. The molecule has 1 heterocycles. The summed E-state index contributed by atoms with van der Waals surface area (Å²) in [6, 6.07) is 15.5. The van der Waals surface area contributed by atoms with Crippen LogP contribution in [0.3, 0.4) is 0 Å². The van der Waals surface area contributed by atoms with Crippen molar-refractivity contribution in [1.82, 2.24) is 0 Å². The van der Waals surface area contributed by atoms with E-state index in [9.17, 15) is 14.7 Å². The van der Waals surface area contributed by atoms with Crippen molar-refractivity contribution in [3.63, 3.8) is 0 Å². The Balaban J connectivity index is 1.62. The average molecular weight is 514 g/mol. The number of fused-ring (bicyclic) bond motifs is 2. The Bertz CT molecular complexity index is 1230. The summed E-state index contributed by atoms with van der Waals surface area (Å²) in [5, 5.41) is 14.4. The van der Waals surface area contributed by atoms with E-state index < -0.39 is 24.3 Å². The van der Waals surface area contributed by atoms with Crippen molar-refractivity contribution in [2.24, 2.45) is 0 Å². The molecule has 0 radical (unpaired) electrons. The van der Waals surface area contributed by atoms with E-state index in [1.807, 2.05) is 25.1 Å². The van der Waals surface area contributed by atoms with Gasteiger partial charge in [-0.1, -0.05) is 30.3 Å². The molecule has 0 unspecified atom stereocenters. The minimum Gasteiger partial charge on any atom is -0.507 e. The Morgan fingerprint density at radius 1 is 1.08 bits per heavy atom. The number of phenols is 1. The van der Waals surface area contributed by atoms with Crippen molar-refractivity contribution < 1.29 is 38.4 Å². The number of amides is 1. The lowest BCUT2D eigenvalue weighted by Gasteiger charge is -2.28. The molecule has 0 spiro atoms. The van der Waals surface area contributed by atoms with Crippen molar-refractivity contribution in [3.05, 3.63) is 60.2 Å². The fourth-order valence-corrected chi connectivity index (χ4v) is 4.09. The van der Waals surface area contributed by atoms with Gasteiger partial charge < -0.3 is 28.8 Å². The van der Waals surface area contributed by atoms with Gasteiger partial charge in [-0.05, 0) is 30.5 Å². The maximum Gasteiger partial charge on any atom is 0.412 e. The maximum absolute atomic E-state index is 13.0. The second kappa shape index (κ2) is 11.9. The van der Waals surface area contributed by atoms with E-state index >= 15 is 0 Å². The molecule has 3 aromatic rings. The van der Waals surface area contributed by atoms with E-state index in [4.69, 9.17) is 23.7 Å². The molecule has 0 aromatic heterocycles. The highest BCUT2D eigenvalue weighted by Gasteiger charge is 2.30. The van der Waals surface area contributed by atoms with Crippen LogP contribution in [-0.4, -0.2) is 49.0 Å². The number of nitrogens with one attached hydrogen (secondary N) is 1. The third-order valence-electron chi connectivity index (χ3n) is 5.61. The first-order chi connectivity index (χ1) is 17.5. The minimum absolute atomic E-state index is 0.0419. The second-order valence-electron chi connectivity index (χ2n) is 7.90. The molecule has 3 aromatic carbocycles. The average Bonchev–Trinajstić information content (AvgIpc) is 3.35. The van der Waals surface area contributed by atoms with Gasteiger partial charge in [0.1, 0.15) is 11.9 Å². The molecular formula is C26H27NO8S. The number of hydrogen-bond acceptors (Lipinski definition) is 9. The van der Waals surface area contributed by atoms with Gasteiger partial charge >= 0.3 is 12.1 Å². The Hall–Kier alpha value is -3.63. The van der Waals surface area contributed by atoms with Crippen molar-refractivity contribution in [2.75, 3.05) is 31.1 Å². The van der Waals surface area contributed by atoms with Crippen LogP contribution in [0.5, 0.6) is 17.2 Å². The molecule has 0 fully saturated rings. The minimum atomic E-state index is -0.876. The number of ether oxygens (including phenoxy) is 5. The van der Waals surface area contributed by atoms with Gasteiger partial charge in [0, 0.05) is 35.7 Å². The Morgan fingerprint density at radius 3 is 2.64 bits per heavy atom. The van der Waals surface area contributed by atoms with Crippen LogP contribution in [0.1, 0.15) is 25.0 Å². The standard InChI is InChI=1S/C26H27NO8S/c1-2-31-22(11-12-32-24(29)14-36)25(19-8-9-20(28)18-6-4-3-5-17(18)19)35-26(30)27-16-7-10-21-23(13-16)34-15-33-21/h3-10,13,22,25,28,36H,2,11-12,14-15H2,1H3,(H,27,30)/t22-,25-/m0/s1. The first-order valence-corrected chi connectivity index (χ1v) is 12.1. The van der Waals surface area contributed by atoms with Crippen LogP contribution in [0.4, 0.5) is 10.5 Å². The predicted molar refractivity (Wildman–Crippen MR) is 136 cm³/mol. The van der Waals surface area contributed by atoms with E-state index in [2.05, 4.69) is 17.9 Å². The summed E-state index contributed by atoms with van der Waals surface area (Å²) >= 11 is 3.92. The van der Waals surface area contributed by atoms with Crippen LogP contribution in [0.2, 0.25) is 0 Å². The predicted octanol–water partition coefficient (Wildman–Crippen LogP) is 4.83. The number of anilines is 1. The maximum atomic E-state index is 13.0. The van der Waals surface area contributed by atoms with Crippen LogP contribution < -0.4 is 14.8 Å². The number of aromatic hydroxyl groups is 1. The van der Waals surface area contributed by atoms with Gasteiger partial charge in [0.15, 0.2) is 17.6 Å². The van der Waals surface area contributed by atoms with E-state index in [1.54, 1.807) is 36.4 Å². The molecule has 2 N–H and O–H groups in total. The van der Waals surface area contributed by atoms with Crippen LogP contribution in [0, 0.1) is 0 Å². The third-order valence-corrected chi connectivity index (χ3v) is 5.87. The monoisotopic (exact) mass is 513 g/mol. The quantitative estimate of drug-likeness (QED) is 0.261. The van der Waals surface area contributed by atoms with Gasteiger partial charge in [0.05, 0.1) is 12.4 Å². The fourth-order valence-electron chi connectivity index (χ4n) is 4.00. The largest absolute Gasteiger partial charge is 0.507 e. The van der Waals surface area contributed by atoms with Crippen LogP contribution in [0.15, 0.2) is 54.6 Å². The Labute approximate surface area is 213 Å². The van der Waals surface area contributed by atoms with Crippen molar-refractivity contribution >= 4 is 41.2 Å². The zero-order valence-corrected chi connectivity index (χ0v) is 20.5. The topological polar surface area (TPSA) is 113 Å². The molecule has 4 rings (SSSR count). The number of phenolic OH excluding ortho intramolecular Hbond substituents is 1. The number of rotatable bonds is 10. The molecule has 0 aliphatic carbocycles. The number of benzene rings is 3. The number of carbonyl (C=O) groups excluding carboxylic acids is 2. The molecule has 190 valence electrons. The molecule has 1 aliphatic heterocycles.